The van der Waals surface area contributed by atoms with Gasteiger partial charge in [-0.05, 0) is 49.4 Å². The molecule has 0 amide bonds. The van der Waals surface area contributed by atoms with Gasteiger partial charge in [0, 0.05) is 44.5 Å². The third-order valence-electron chi connectivity index (χ3n) is 6.44. The van der Waals surface area contributed by atoms with Crippen LogP contribution in [0.5, 0.6) is 5.75 Å². The number of rotatable bonds is 5. The van der Waals surface area contributed by atoms with Gasteiger partial charge in [0.2, 0.25) is 0 Å². The summed E-state index contributed by atoms with van der Waals surface area (Å²) in [6.07, 6.45) is 2.23. The summed E-state index contributed by atoms with van der Waals surface area (Å²) in [6.45, 7) is 7.38. The number of piperazine rings is 1. The number of likely N-dealkylation sites (N-methyl/N-ethyl adjacent to an activating group) is 1. The summed E-state index contributed by atoms with van der Waals surface area (Å²) in [6, 6.07) is 21.2. The van der Waals surface area contributed by atoms with E-state index in [1.807, 2.05) is 12.1 Å². The number of aryl methyl sites for hydroxylation is 1. The average molecular weight is 427 g/mol. The largest absolute Gasteiger partial charge is 0.497 e. The van der Waals surface area contributed by atoms with Crippen LogP contribution in [0.25, 0.3) is 28.0 Å². The number of benzene rings is 2. The highest BCUT2D eigenvalue weighted by molar-refractivity contribution is 5.70. The molecule has 5 heteroatoms. The molecular weight excluding hydrogens is 396 g/mol. The second kappa shape index (κ2) is 8.77. The molecule has 0 radical (unpaired) electrons. The van der Waals surface area contributed by atoms with Crippen LogP contribution < -0.4 is 4.74 Å². The number of pyridine rings is 1. The lowest BCUT2D eigenvalue weighted by Crippen LogP contribution is -2.44. The van der Waals surface area contributed by atoms with Crippen LogP contribution in [0.1, 0.15) is 11.3 Å². The number of fused-ring (bicyclic) bond motifs is 1. The van der Waals surface area contributed by atoms with Crippen molar-refractivity contribution in [3.63, 3.8) is 0 Å². The van der Waals surface area contributed by atoms with Crippen LogP contribution in [0.4, 0.5) is 0 Å². The van der Waals surface area contributed by atoms with Gasteiger partial charge in [-0.15, -0.1) is 0 Å². The first-order chi connectivity index (χ1) is 15.6. The lowest BCUT2D eigenvalue weighted by atomic mass is 10.1. The third kappa shape index (κ3) is 4.14. The normalized spacial score (nSPS) is 15.3. The van der Waals surface area contributed by atoms with Crippen LogP contribution in [-0.2, 0) is 6.54 Å². The van der Waals surface area contributed by atoms with Crippen LogP contribution in [-0.4, -0.2) is 59.5 Å². The summed E-state index contributed by atoms with van der Waals surface area (Å²) in [5, 5.41) is 0. The van der Waals surface area contributed by atoms with Crippen molar-refractivity contribution in [2.24, 2.45) is 0 Å². The van der Waals surface area contributed by atoms with E-state index < -0.39 is 0 Å². The zero-order valence-electron chi connectivity index (χ0n) is 19.1. The van der Waals surface area contributed by atoms with Gasteiger partial charge < -0.3 is 14.0 Å². The van der Waals surface area contributed by atoms with Gasteiger partial charge in [-0.2, -0.15) is 0 Å². The van der Waals surface area contributed by atoms with Crippen LogP contribution >= 0.6 is 0 Å². The van der Waals surface area contributed by atoms with Crippen molar-refractivity contribution in [2.45, 2.75) is 13.5 Å². The van der Waals surface area contributed by atoms with E-state index in [9.17, 15) is 0 Å². The standard InChI is InChI=1S/C27H30N4O/c1-20-4-6-22(7-5-20)27-25(19-30-16-14-29(2)15-17-30)31-18-23(10-13-26(31)28-27)21-8-11-24(32-3)12-9-21/h4-13,18H,14-17,19H2,1-3H3. The van der Waals surface area contributed by atoms with E-state index in [1.54, 1.807) is 7.11 Å². The lowest BCUT2D eigenvalue weighted by Gasteiger charge is -2.32. The molecule has 1 saturated heterocycles. The SMILES string of the molecule is COc1ccc(-c2ccc3nc(-c4ccc(C)cc4)c(CN4CCN(C)CC4)n3c2)cc1. The number of nitrogens with zero attached hydrogens (tertiary/aromatic N) is 4. The fourth-order valence-corrected chi connectivity index (χ4v) is 4.36. The topological polar surface area (TPSA) is 33.0 Å². The van der Waals surface area contributed by atoms with Crippen LogP contribution in [0.2, 0.25) is 0 Å². The Kier molecular flexibility index (Phi) is 5.68. The quantitative estimate of drug-likeness (QED) is 0.462. The first-order valence-corrected chi connectivity index (χ1v) is 11.2. The molecule has 4 aromatic rings. The molecule has 2 aromatic heterocycles. The van der Waals surface area contributed by atoms with Gasteiger partial charge in [0.25, 0.3) is 0 Å². The molecule has 32 heavy (non-hydrogen) atoms. The van der Waals surface area contributed by atoms with Gasteiger partial charge >= 0.3 is 0 Å². The van der Waals surface area contributed by atoms with Gasteiger partial charge in [-0.3, -0.25) is 4.90 Å². The van der Waals surface area contributed by atoms with E-state index in [4.69, 9.17) is 9.72 Å². The molecule has 0 aliphatic carbocycles. The Bertz CT molecular complexity index is 1200. The number of aromatic nitrogens is 2. The van der Waals surface area contributed by atoms with Crippen LogP contribution in [0.3, 0.4) is 0 Å². The minimum Gasteiger partial charge on any atom is -0.497 e. The van der Waals surface area contributed by atoms with Crippen LogP contribution in [0, 0.1) is 6.92 Å². The minimum absolute atomic E-state index is 0.870. The first kappa shape index (κ1) is 20.7. The Morgan fingerprint density at radius 1 is 0.812 bits per heavy atom. The van der Waals surface area contributed by atoms with Gasteiger partial charge in [0.1, 0.15) is 11.4 Å². The fraction of sp³-hybridized carbons (Fsp3) is 0.296. The van der Waals surface area contributed by atoms with E-state index in [0.717, 1.165) is 49.8 Å². The van der Waals surface area contributed by atoms with Gasteiger partial charge in [-0.25, -0.2) is 4.98 Å². The third-order valence-corrected chi connectivity index (χ3v) is 6.44. The number of hydrogen-bond acceptors (Lipinski definition) is 4. The van der Waals surface area contributed by atoms with E-state index in [2.05, 4.69) is 82.9 Å². The van der Waals surface area contributed by atoms with Crippen molar-refractivity contribution in [3.05, 3.63) is 78.1 Å². The van der Waals surface area contributed by atoms with Gasteiger partial charge in [0.05, 0.1) is 18.5 Å². The molecule has 1 aliphatic rings. The maximum absolute atomic E-state index is 5.32. The molecule has 164 valence electrons. The van der Waals surface area contributed by atoms with E-state index in [-0.39, 0.29) is 0 Å². The Hall–Kier alpha value is -3.15. The van der Waals surface area contributed by atoms with Crippen molar-refractivity contribution >= 4 is 5.65 Å². The molecule has 0 spiro atoms. The summed E-state index contributed by atoms with van der Waals surface area (Å²) in [5.74, 6) is 0.870. The Labute approximate surface area is 189 Å². The summed E-state index contributed by atoms with van der Waals surface area (Å²) >= 11 is 0. The molecule has 0 unspecified atom stereocenters. The molecule has 0 saturated carbocycles. The van der Waals surface area contributed by atoms with Crippen LogP contribution in [0.15, 0.2) is 66.9 Å². The zero-order chi connectivity index (χ0) is 22.1. The predicted molar refractivity (Wildman–Crippen MR) is 130 cm³/mol. The molecular formula is C27H30N4O. The summed E-state index contributed by atoms with van der Waals surface area (Å²) < 4.78 is 7.61. The monoisotopic (exact) mass is 426 g/mol. The maximum atomic E-state index is 5.32. The number of methoxy groups -OCH3 is 1. The minimum atomic E-state index is 0.870. The van der Waals surface area contributed by atoms with Crippen molar-refractivity contribution < 1.29 is 4.74 Å². The summed E-state index contributed by atoms with van der Waals surface area (Å²) in [7, 11) is 3.90. The van der Waals surface area contributed by atoms with Crippen molar-refractivity contribution in [3.8, 4) is 28.1 Å². The van der Waals surface area contributed by atoms with E-state index >= 15 is 0 Å². The molecule has 0 atom stereocenters. The van der Waals surface area contributed by atoms with Crippen molar-refractivity contribution in [2.75, 3.05) is 40.3 Å². The molecule has 1 fully saturated rings. The van der Waals surface area contributed by atoms with E-state index in [0.29, 0.717) is 0 Å². The Morgan fingerprint density at radius 2 is 1.47 bits per heavy atom. The molecule has 0 bridgehead atoms. The number of imidazole rings is 1. The van der Waals surface area contributed by atoms with Crippen molar-refractivity contribution in [1.29, 1.82) is 0 Å². The van der Waals surface area contributed by atoms with E-state index in [1.165, 1.54) is 27.9 Å². The average Bonchev–Trinajstić information content (AvgIpc) is 3.18. The number of ether oxygens (including phenoxy) is 1. The predicted octanol–water partition coefficient (Wildman–Crippen LogP) is 4.73. The molecule has 3 heterocycles. The Balaban J connectivity index is 1.59. The molecule has 1 aliphatic heterocycles. The Morgan fingerprint density at radius 3 is 2.16 bits per heavy atom. The van der Waals surface area contributed by atoms with Gasteiger partial charge in [0.15, 0.2) is 0 Å². The highest BCUT2D eigenvalue weighted by Crippen LogP contribution is 2.29. The highest BCUT2D eigenvalue weighted by Gasteiger charge is 2.20. The lowest BCUT2D eigenvalue weighted by molar-refractivity contribution is 0.147. The zero-order valence-corrected chi connectivity index (χ0v) is 19.1. The molecule has 2 aromatic carbocycles. The second-order valence-corrected chi connectivity index (χ2v) is 8.73. The maximum Gasteiger partial charge on any atom is 0.137 e. The summed E-state index contributed by atoms with van der Waals surface area (Å²) in [4.78, 5) is 10.0. The first-order valence-electron chi connectivity index (χ1n) is 11.2. The fourth-order valence-electron chi connectivity index (χ4n) is 4.36. The molecule has 5 rings (SSSR count). The smallest absolute Gasteiger partial charge is 0.137 e. The van der Waals surface area contributed by atoms with Crippen molar-refractivity contribution in [1.82, 2.24) is 19.2 Å². The molecule has 0 N–H and O–H groups in total. The van der Waals surface area contributed by atoms with Gasteiger partial charge in [-0.1, -0.05) is 42.0 Å². The highest BCUT2D eigenvalue weighted by atomic mass is 16.5. The summed E-state index contributed by atoms with van der Waals surface area (Å²) in [5.41, 5.74) is 8.10. The second-order valence-electron chi connectivity index (χ2n) is 8.73. The molecule has 5 nitrogen and oxygen atoms in total. The number of hydrogen-bond donors (Lipinski definition) is 0.